The Kier molecular flexibility index (Phi) is 12.9. The molecule has 3 N–H and O–H groups in total. The minimum absolute atomic E-state index is 0.224. The Bertz CT molecular complexity index is 2780. The van der Waals surface area contributed by atoms with Gasteiger partial charge in [0.05, 0.1) is 39.3 Å². The van der Waals surface area contributed by atoms with E-state index in [0.717, 1.165) is 126 Å². The molecule has 18 heteroatoms. The summed E-state index contributed by atoms with van der Waals surface area (Å²) in [5, 5.41) is 10.4. The van der Waals surface area contributed by atoms with Gasteiger partial charge in [0.2, 0.25) is 17.8 Å². The highest BCUT2D eigenvalue weighted by molar-refractivity contribution is 9.10. The topological polar surface area (TPSA) is 168 Å². The van der Waals surface area contributed by atoms with Crippen molar-refractivity contribution >= 4 is 92.5 Å². The second-order valence-electron chi connectivity index (χ2n) is 16.6. The second-order valence-corrected chi connectivity index (χ2v) is 18.5. The molecule has 0 bridgehead atoms. The average Bonchev–Trinajstić information content (AvgIpc) is 3.57. The third-order valence-electron chi connectivity index (χ3n) is 13.0. The largest absolute Gasteiger partial charge is 0.494 e. The lowest BCUT2D eigenvalue weighted by Crippen LogP contribution is -2.53. The van der Waals surface area contributed by atoms with Crippen LogP contribution in [0.4, 0.5) is 28.8 Å². The van der Waals surface area contributed by atoms with Gasteiger partial charge in [0.1, 0.15) is 17.6 Å². The zero-order valence-corrected chi connectivity index (χ0v) is 39.2. The third kappa shape index (κ3) is 8.70. The monoisotopic (exact) mass is 948 g/mol. The van der Waals surface area contributed by atoms with Gasteiger partial charge in [-0.1, -0.05) is 27.6 Å². The van der Waals surface area contributed by atoms with E-state index in [-0.39, 0.29) is 18.0 Å². The number of imide groups is 1. The minimum Gasteiger partial charge on any atom is -0.494 e. The normalized spacial score (nSPS) is 18.1. The van der Waals surface area contributed by atoms with E-state index in [0.29, 0.717) is 32.8 Å². The van der Waals surface area contributed by atoms with Crippen LogP contribution in [-0.2, 0) is 29.5 Å². The van der Waals surface area contributed by atoms with Crippen molar-refractivity contribution in [2.75, 3.05) is 75.1 Å². The van der Waals surface area contributed by atoms with Crippen molar-refractivity contribution in [3.05, 3.63) is 87.1 Å². The highest BCUT2D eigenvalue weighted by atomic mass is 79.9. The number of piperidine rings is 2. The van der Waals surface area contributed by atoms with Crippen molar-refractivity contribution < 1.29 is 14.3 Å². The Morgan fingerprint density at radius 2 is 1.72 bits per heavy atom. The fraction of sp³-hybridized carbons (Fsp3) is 0.413. The Labute approximate surface area is 382 Å². The third-order valence-corrected chi connectivity index (χ3v) is 14.6. The molecule has 0 saturated carbocycles. The van der Waals surface area contributed by atoms with Crippen LogP contribution < -0.4 is 36.6 Å². The molecule has 3 aromatic heterocycles. The molecule has 3 aliphatic rings. The Morgan fingerprint density at radius 1 is 0.922 bits per heavy atom. The van der Waals surface area contributed by atoms with Gasteiger partial charge in [-0.05, 0) is 90.1 Å². The zero-order valence-electron chi connectivity index (χ0n) is 36.7. The minimum atomic E-state index is -0.686. The number of ether oxygens (including phenoxy) is 1. The van der Waals surface area contributed by atoms with Gasteiger partial charge in [-0.25, -0.2) is 9.78 Å². The van der Waals surface area contributed by atoms with Crippen molar-refractivity contribution in [1.29, 1.82) is 0 Å². The molecule has 3 fully saturated rings. The Balaban J connectivity index is 0.808. The van der Waals surface area contributed by atoms with Crippen LogP contribution in [0.5, 0.6) is 5.75 Å². The number of nitrogens with one attached hydrogen (secondary N) is 3. The molecule has 3 aromatic carbocycles. The first-order chi connectivity index (χ1) is 31.1. The number of halogens is 1. The number of methoxy groups -OCH3 is 1. The lowest BCUT2D eigenvalue weighted by Gasteiger charge is -2.43. The zero-order chi connectivity index (χ0) is 44.5. The number of imidazole rings is 1. The number of fused-ring (bicyclic) bond motifs is 2. The van der Waals surface area contributed by atoms with Gasteiger partial charge in [-0.2, -0.15) is 4.98 Å². The van der Waals surface area contributed by atoms with Gasteiger partial charge in [0, 0.05) is 107 Å². The smallest absolute Gasteiger partial charge is 0.329 e. The number of aryl methyl sites for hydroxylation is 2. The van der Waals surface area contributed by atoms with E-state index < -0.39 is 11.9 Å². The molecule has 6 aromatic rings. The van der Waals surface area contributed by atoms with Gasteiger partial charge in [-0.3, -0.25) is 38.9 Å². The fourth-order valence-electron chi connectivity index (χ4n) is 9.67. The van der Waals surface area contributed by atoms with Crippen molar-refractivity contribution in [2.45, 2.75) is 57.5 Å². The number of hydrogen-bond acceptors (Lipinski definition) is 13. The lowest BCUT2D eigenvalue weighted by atomic mass is 9.99. The average molecular weight is 950 g/mol. The van der Waals surface area contributed by atoms with Crippen molar-refractivity contribution in [1.82, 2.24) is 44.2 Å². The van der Waals surface area contributed by atoms with E-state index in [1.165, 1.54) is 11.3 Å². The van der Waals surface area contributed by atoms with Crippen LogP contribution >= 0.6 is 24.5 Å². The summed E-state index contributed by atoms with van der Waals surface area (Å²) in [5.41, 5.74) is 8.39. The number of nitrogens with zero attached hydrogens (tertiary/aromatic N) is 9. The summed E-state index contributed by atoms with van der Waals surface area (Å²) >= 11 is 3.64. The molecule has 9 rings (SSSR count). The van der Waals surface area contributed by atoms with Crippen LogP contribution in [0.3, 0.4) is 0 Å². The van der Waals surface area contributed by atoms with Crippen LogP contribution in [0.25, 0.3) is 22.1 Å². The predicted octanol–water partition coefficient (Wildman–Crippen LogP) is 5.63. The van der Waals surface area contributed by atoms with E-state index in [4.69, 9.17) is 9.72 Å². The van der Waals surface area contributed by atoms with E-state index in [9.17, 15) is 14.4 Å². The summed E-state index contributed by atoms with van der Waals surface area (Å²) in [6.45, 7) is 11.2. The van der Waals surface area contributed by atoms with Gasteiger partial charge in [0.15, 0.2) is 0 Å². The second kappa shape index (κ2) is 18.9. The van der Waals surface area contributed by atoms with Crippen LogP contribution in [0, 0.1) is 0 Å². The maximum Gasteiger partial charge on any atom is 0.329 e. The molecule has 2 amide bonds. The highest BCUT2D eigenvalue weighted by Gasteiger charge is 2.32. The molecule has 6 heterocycles. The van der Waals surface area contributed by atoms with Crippen LogP contribution in [0.2, 0.25) is 0 Å². The summed E-state index contributed by atoms with van der Waals surface area (Å²) in [5.74, 6) is 1.12. The van der Waals surface area contributed by atoms with Crippen LogP contribution in [-0.4, -0.2) is 116 Å². The first-order valence-electron chi connectivity index (χ1n) is 22.1. The summed E-state index contributed by atoms with van der Waals surface area (Å²) in [7, 11) is 3.98. The number of amides is 2. The van der Waals surface area contributed by atoms with Gasteiger partial charge < -0.3 is 25.2 Å². The Morgan fingerprint density at radius 3 is 2.47 bits per heavy atom. The standard InChI is InChI=1S/C46H54BrN12O4P/c1-5-28-25-34(52-45-50-27-31(47)43(54-45)51-33-10-9-32-40(42(33)64-4)49-17-16-48-32)38(63-3)26-37(28)58-19-14-30(15-20-58)57-23-21-56(22-24-57)18-13-29-7-6-8-35-41(29)55(2)46(62)59(35)36-11-12-39(60)53-44(36)61/h6-10,16-17,25-27,30,36,64H,5,11-15,18-24H2,1-4H3,(H,53,60,61)(H2,50,51,52,54). The van der Waals surface area contributed by atoms with Gasteiger partial charge in [-0.15, -0.1) is 0 Å². The molecule has 0 radical (unpaired) electrons. The molecule has 334 valence electrons. The number of hydrogen-bond donors (Lipinski definition) is 3. The SMILES string of the molecule is CCc1cc(Nc2ncc(Br)c(Nc3ccc4nccnc4c3PC)n2)c(OC)cc1N1CCC(N2CCN(CCc3cccc4c3n(C)c(=O)n4C3CCC(=O)NC3=O)CC2)CC1. The van der Waals surface area contributed by atoms with Crippen LogP contribution in [0.15, 0.2) is 70.3 Å². The number of piperazine rings is 1. The van der Waals surface area contributed by atoms with E-state index in [1.807, 2.05) is 24.3 Å². The number of carbonyl (C=O) groups excluding carboxylic acids is 2. The number of carbonyl (C=O) groups is 2. The summed E-state index contributed by atoms with van der Waals surface area (Å²) < 4.78 is 9.94. The van der Waals surface area contributed by atoms with E-state index in [1.54, 1.807) is 41.9 Å². The van der Waals surface area contributed by atoms with Crippen molar-refractivity contribution in [3.63, 3.8) is 0 Å². The number of para-hydroxylation sites is 1. The number of anilines is 5. The molecular weight excluding hydrogens is 895 g/mol. The number of rotatable bonds is 13. The van der Waals surface area contributed by atoms with E-state index in [2.05, 4.69) is 93.3 Å². The molecule has 2 atom stereocenters. The molecule has 3 aliphatic heterocycles. The van der Waals surface area contributed by atoms with Crippen LogP contribution in [0.1, 0.15) is 49.8 Å². The first kappa shape index (κ1) is 43.8. The molecule has 64 heavy (non-hydrogen) atoms. The summed E-state index contributed by atoms with van der Waals surface area (Å²) in [6.07, 6.45) is 9.59. The predicted molar refractivity (Wildman–Crippen MR) is 258 cm³/mol. The molecule has 3 saturated heterocycles. The van der Waals surface area contributed by atoms with Gasteiger partial charge in [0.25, 0.3) is 0 Å². The molecule has 16 nitrogen and oxygen atoms in total. The molecule has 0 aliphatic carbocycles. The first-order valence-corrected chi connectivity index (χ1v) is 24.4. The number of benzene rings is 3. The molecule has 0 spiro atoms. The quantitative estimate of drug-likeness (QED) is 0.0964. The maximum absolute atomic E-state index is 13.4. The van der Waals surface area contributed by atoms with Crippen molar-refractivity contribution in [3.8, 4) is 5.75 Å². The maximum atomic E-state index is 13.4. The fourth-order valence-corrected chi connectivity index (χ4v) is 10.8. The van der Waals surface area contributed by atoms with Gasteiger partial charge >= 0.3 is 5.69 Å². The lowest BCUT2D eigenvalue weighted by molar-refractivity contribution is -0.135. The molecular formula is C46H54BrN12O4P. The van der Waals surface area contributed by atoms with E-state index >= 15 is 0 Å². The molecule has 2 unspecified atom stereocenters. The highest BCUT2D eigenvalue weighted by Crippen LogP contribution is 2.38. The number of aromatic nitrogens is 6. The summed E-state index contributed by atoms with van der Waals surface area (Å²) in [6, 6.07) is 14.1. The Hall–Kier alpha value is -5.48. The van der Waals surface area contributed by atoms with Crippen molar-refractivity contribution in [2.24, 2.45) is 7.05 Å². The summed E-state index contributed by atoms with van der Waals surface area (Å²) in [4.78, 5) is 64.2.